The fraction of sp³-hybridized carbons (Fsp3) is 0.900. The molecule has 0 fully saturated rings. The van der Waals surface area contributed by atoms with Crippen LogP contribution in [-0.4, -0.2) is 27.1 Å². The van der Waals surface area contributed by atoms with Crippen molar-refractivity contribution >= 4 is 5.97 Å². The van der Waals surface area contributed by atoms with E-state index in [1.165, 1.54) is 0 Å². The Hall–Kier alpha value is -0.610. The molecule has 0 aliphatic rings. The van der Waals surface area contributed by atoms with Crippen LogP contribution in [0.4, 0.5) is 0 Å². The number of unbranched alkanes of at least 4 members (excludes halogenated alkanes) is 2. The summed E-state index contributed by atoms with van der Waals surface area (Å²) in [6.07, 6.45) is 3.57. The summed E-state index contributed by atoms with van der Waals surface area (Å²) in [5, 5.41) is 27.2. The standard InChI is InChI=1S/C10H20O4/c1-2-3-4-7-10(13,14)8-5-6-9(11)12/h13-14H,2-8H2,1H3,(H,11,12). The zero-order valence-electron chi connectivity index (χ0n) is 8.70. The highest BCUT2D eigenvalue weighted by atomic mass is 16.5. The summed E-state index contributed by atoms with van der Waals surface area (Å²) in [6.45, 7) is 2.04. The van der Waals surface area contributed by atoms with Crippen molar-refractivity contribution in [3.05, 3.63) is 0 Å². The molecule has 0 unspecified atom stereocenters. The lowest BCUT2D eigenvalue weighted by Gasteiger charge is -2.21. The molecule has 0 spiro atoms. The van der Waals surface area contributed by atoms with Crippen LogP contribution in [0.15, 0.2) is 0 Å². The number of carboxylic acid groups (broad SMARTS) is 1. The SMILES string of the molecule is CCCCCC(O)(O)CCCC(=O)O. The molecule has 0 rings (SSSR count). The maximum atomic E-state index is 10.2. The van der Waals surface area contributed by atoms with E-state index < -0.39 is 11.8 Å². The third kappa shape index (κ3) is 8.01. The third-order valence-electron chi connectivity index (χ3n) is 2.15. The Morgan fingerprint density at radius 3 is 2.21 bits per heavy atom. The highest BCUT2D eigenvalue weighted by Gasteiger charge is 2.21. The van der Waals surface area contributed by atoms with Crippen LogP contribution in [0.1, 0.15) is 51.9 Å². The normalized spacial score (nSPS) is 11.6. The first-order chi connectivity index (χ1) is 6.48. The monoisotopic (exact) mass is 204 g/mol. The second-order valence-corrected chi connectivity index (χ2v) is 3.69. The van der Waals surface area contributed by atoms with Crippen molar-refractivity contribution in [1.82, 2.24) is 0 Å². The van der Waals surface area contributed by atoms with E-state index in [0.29, 0.717) is 12.8 Å². The Labute approximate surface area is 84.6 Å². The number of aliphatic carboxylic acids is 1. The maximum Gasteiger partial charge on any atom is 0.303 e. The van der Waals surface area contributed by atoms with E-state index in [1.54, 1.807) is 0 Å². The van der Waals surface area contributed by atoms with E-state index in [2.05, 4.69) is 0 Å². The lowest BCUT2D eigenvalue weighted by molar-refractivity contribution is -0.172. The Morgan fingerprint density at radius 1 is 1.14 bits per heavy atom. The van der Waals surface area contributed by atoms with Crippen LogP contribution in [0.3, 0.4) is 0 Å². The van der Waals surface area contributed by atoms with Crippen molar-refractivity contribution < 1.29 is 20.1 Å². The largest absolute Gasteiger partial charge is 0.481 e. The average molecular weight is 204 g/mol. The number of hydrogen-bond donors (Lipinski definition) is 3. The van der Waals surface area contributed by atoms with Gasteiger partial charge in [-0.15, -0.1) is 0 Å². The van der Waals surface area contributed by atoms with Gasteiger partial charge < -0.3 is 15.3 Å². The molecule has 0 aromatic heterocycles. The number of hydrogen-bond acceptors (Lipinski definition) is 3. The first-order valence-corrected chi connectivity index (χ1v) is 5.14. The Morgan fingerprint density at radius 2 is 1.71 bits per heavy atom. The van der Waals surface area contributed by atoms with E-state index in [-0.39, 0.29) is 12.8 Å². The summed E-state index contributed by atoms with van der Waals surface area (Å²) in [5.41, 5.74) is 0. The van der Waals surface area contributed by atoms with Crippen molar-refractivity contribution in [2.24, 2.45) is 0 Å². The Balaban J connectivity index is 3.55. The number of rotatable bonds is 8. The summed E-state index contributed by atoms with van der Waals surface area (Å²) in [4.78, 5) is 10.2. The molecule has 84 valence electrons. The third-order valence-corrected chi connectivity index (χ3v) is 2.15. The van der Waals surface area contributed by atoms with Gasteiger partial charge in [-0.2, -0.15) is 0 Å². The molecule has 0 aliphatic heterocycles. The van der Waals surface area contributed by atoms with Crippen LogP contribution < -0.4 is 0 Å². The number of aliphatic hydroxyl groups is 2. The van der Waals surface area contributed by atoms with Crippen LogP contribution in [0.5, 0.6) is 0 Å². The van der Waals surface area contributed by atoms with Gasteiger partial charge in [-0.25, -0.2) is 0 Å². The molecule has 0 aromatic carbocycles. The van der Waals surface area contributed by atoms with Gasteiger partial charge in [-0.1, -0.05) is 19.8 Å². The molecule has 0 bridgehead atoms. The van der Waals surface area contributed by atoms with E-state index in [0.717, 1.165) is 19.3 Å². The quantitative estimate of drug-likeness (QED) is 0.413. The van der Waals surface area contributed by atoms with Crippen molar-refractivity contribution in [2.45, 2.75) is 57.7 Å². The highest BCUT2D eigenvalue weighted by Crippen LogP contribution is 2.18. The topological polar surface area (TPSA) is 77.8 Å². The van der Waals surface area contributed by atoms with Gasteiger partial charge in [0.15, 0.2) is 5.79 Å². The predicted octanol–water partition coefficient (Wildman–Crippen LogP) is 1.50. The minimum Gasteiger partial charge on any atom is -0.481 e. The van der Waals surface area contributed by atoms with E-state index in [1.807, 2.05) is 6.92 Å². The fourth-order valence-electron chi connectivity index (χ4n) is 1.31. The maximum absolute atomic E-state index is 10.2. The zero-order chi connectivity index (χ0) is 11.0. The van der Waals surface area contributed by atoms with Crippen molar-refractivity contribution in [2.75, 3.05) is 0 Å². The first-order valence-electron chi connectivity index (χ1n) is 5.14. The van der Waals surface area contributed by atoms with E-state index in [4.69, 9.17) is 5.11 Å². The minimum atomic E-state index is -1.68. The van der Waals surface area contributed by atoms with Crippen molar-refractivity contribution in [3.63, 3.8) is 0 Å². The van der Waals surface area contributed by atoms with Gasteiger partial charge in [-0.05, 0) is 12.8 Å². The van der Waals surface area contributed by atoms with Gasteiger partial charge in [0, 0.05) is 19.3 Å². The van der Waals surface area contributed by atoms with Crippen LogP contribution in [0, 0.1) is 0 Å². The number of carbonyl (C=O) groups is 1. The summed E-state index contributed by atoms with van der Waals surface area (Å²) in [7, 11) is 0. The van der Waals surface area contributed by atoms with Crippen LogP contribution in [-0.2, 0) is 4.79 Å². The molecule has 0 radical (unpaired) electrons. The fourth-order valence-corrected chi connectivity index (χ4v) is 1.31. The van der Waals surface area contributed by atoms with Gasteiger partial charge in [0.05, 0.1) is 0 Å². The molecule has 14 heavy (non-hydrogen) atoms. The van der Waals surface area contributed by atoms with Crippen LogP contribution in [0.25, 0.3) is 0 Å². The molecule has 0 heterocycles. The van der Waals surface area contributed by atoms with Gasteiger partial charge in [0.1, 0.15) is 0 Å². The smallest absolute Gasteiger partial charge is 0.303 e. The molecular formula is C10H20O4. The second-order valence-electron chi connectivity index (χ2n) is 3.69. The molecule has 0 aromatic rings. The van der Waals surface area contributed by atoms with Crippen molar-refractivity contribution in [1.29, 1.82) is 0 Å². The molecule has 0 saturated heterocycles. The zero-order valence-corrected chi connectivity index (χ0v) is 8.70. The second kappa shape index (κ2) is 6.79. The molecule has 0 aliphatic carbocycles. The summed E-state index contributed by atoms with van der Waals surface area (Å²) < 4.78 is 0. The van der Waals surface area contributed by atoms with Crippen LogP contribution in [0.2, 0.25) is 0 Å². The molecule has 0 atom stereocenters. The first kappa shape index (κ1) is 13.4. The molecule has 4 nitrogen and oxygen atoms in total. The molecule has 4 heteroatoms. The molecule has 0 amide bonds. The number of carboxylic acids is 1. The van der Waals surface area contributed by atoms with Gasteiger partial charge in [0.25, 0.3) is 0 Å². The lowest BCUT2D eigenvalue weighted by Crippen LogP contribution is -2.27. The van der Waals surface area contributed by atoms with Gasteiger partial charge >= 0.3 is 5.97 Å². The van der Waals surface area contributed by atoms with Crippen LogP contribution >= 0.6 is 0 Å². The Bertz CT molecular complexity index is 166. The summed E-state index contributed by atoms with van der Waals surface area (Å²) in [6, 6.07) is 0. The van der Waals surface area contributed by atoms with Gasteiger partial charge in [0.2, 0.25) is 0 Å². The summed E-state index contributed by atoms with van der Waals surface area (Å²) in [5.74, 6) is -2.57. The predicted molar refractivity (Wildman–Crippen MR) is 52.8 cm³/mol. The van der Waals surface area contributed by atoms with Gasteiger partial charge in [-0.3, -0.25) is 4.79 Å². The summed E-state index contributed by atoms with van der Waals surface area (Å²) >= 11 is 0. The molecule has 0 saturated carbocycles. The van der Waals surface area contributed by atoms with Crippen molar-refractivity contribution in [3.8, 4) is 0 Å². The molecular weight excluding hydrogens is 184 g/mol. The molecule has 3 N–H and O–H groups in total. The minimum absolute atomic E-state index is 0.00333. The van der Waals surface area contributed by atoms with E-state index >= 15 is 0 Å². The van der Waals surface area contributed by atoms with E-state index in [9.17, 15) is 15.0 Å². The lowest BCUT2D eigenvalue weighted by atomic mass is 10.0. The highest BCUT2D eigenvalue weighted by molar-refractivity contribution is 5.66. The Kier molecular flexibility index (Phi) is 6.49. The average Bonchev–Trinajstić information content (AvgIpc) is 2.03.